The molecular formula is C20H24N2O4S2. The Kier molecular flexibility index (Phi) is 6.51. The van der Waals surface area contributed by atoms with Gasteiger partial charge < -0.3 is 10.1 Å². The average Bonchev–Trinajstić information content (AvgIpc) is 3.51. The fourth-order valence-corrected chi connectivity index (χ4v) is 4.59. The van der Waals surface area contributed by atoms with Crippen molar-refractivity contribution in [3.05, 3.63) is 48.5 Å². The molecule has 1 aliphatic carbocycles. The summed E-state index contributed by atoms with van der Waals surface area (Å²) < 4.78 is 33.6. The third kappa shape index (κ3) is 4.80. The number of thioether (sulfide) groups is 1. The van der Waals surface area contributed by atoms with Crippen LogP contribution in [0.4, 0.5) is 5.69 Å². The maximum absolute atomic E-state index is 13.4. The van der Waals surface area contributed by atoms with Gasteiger partial charge in [0.2, 0.25) is 5.91 Å². The maximum atomic E-state index is 13.4. The van der Waals surface area contributed by atoms with Crippen molar-refractivity contribution in [3.8, 4) is 5.75 Å². The van der Waals surface area contributed by atoms with Crippen LogP contribution in [0.25, 0.3) is 0 Å². The Balaban J connectivity index is 2.00. The highest BCUT2D eigenvalue weighted by molar-refractivity contribution is 7.98. The molecule has 28 heavy (non-hydrogen) atoms. The van der Waals surface area contributed by atoms with Gasteiger partial charge in [0.25, 0.3) is 10.0 Å². The van der Waals surface area contributed by atoms with E-state index in [9.17, 15) is 13.2 Å². The molecular weight excluding hydrogens is 396 g/mol. The second kappa shape index (κ2) is 8.87. The number of hydrogen-bond acceptors (Lipinski definition) is 5. The van der Waals surface area contributed by atoms with Crippen LogP contribution in [-0.4, -0.2) is 39.8 Å². The third-order valence-corrected chi connectivity index (χ3v) is 6.83. The molecule has 6 nitrogen and oxygen atoms in total. The standard InChI is InChI=1S/C20H24N2O4S2/c1-3-26-19-7-5-4-6-18(19)22(14-20(23)21-15-8-9-15)28(24,25)17-12-10-16(27-2)11-13-17/h4-7,10-13,15H,3,8-9,14H2,1-2H3,(H,21,23). The van der Waals surface area contributed by atoms with Gasteiger partial charge in [-0.3, -0.25) is 9.10 Å². The Hall–Kier alpha value is -2.19. The lowest BCUT2D eigenvalue weighted by atomic mass is 10.3. The number of amides is 1. The van der Waals surface area contributed by atoms with Crippen molar-refractivity contribution in [1.29, 1.82) is 0 Å². The summed E-state index contributed by atoms with van der Waals surface area (Å²) in [4.78, 5) is 13.6. The van der Waals surface area contributed by atoms with Crippen LogP contribution in [0.15, 0.2) is 58.3 Å². The van der Waals surface area contributed by atoms with E-state index in [-0.39, 0.29) is 23.4 Å². The smallest absolute Gasteiger partial charge is 0.264 e. The molecule has 1 saturated carbocycles. The average molecular weight is 421 g/mol. The number of ether oxygens (including phenoxy) is 1. The molecule has 2 aromatic carbocycles. The minimum Gasteiger partial charge on any atom is -0.492 e. The van der Waals surface area contributed by atoms with Gasteiger partial charge in [0, 0.05) is 10.9 Å². The van der Waals surface area contributed by atoms with E-state index in [1.165, 1.54) is 11.8 Å². The number of anilines is 1. The van der Waals surface area contributed by atoms with Crippen molar-refractivity contribution in [2.24, 2.45) is 0 Å². The van der Waals surface area contributed by atoms with Crippen LogP contribution in [-0.2, 0) is 14.8 Å². The number of rotatable bonds is 9. The largest absolute Gasteiger partial charge is 0.492 e. The van der Waals surface area contributed by atoms with Crippen LogP contribution >= 0.6 is 11.8 Å². The number of sulfonamides is 1. The molecule has 1 amide bonds. The van der Waals surface area contributed by atoms with Crippen molar-refractivity contribution < 1.29 is 17.9 Å². The molecule has 0 spiro atoms. The first kappa shape index (κ1) is 20.5. The van der Waals surface area contributed by atoms with E-state index < -0.39 is 10.0 Å². The van der Waals surface area contributed by atoms with Gasteiger partial charge in [0.1, 0.15) is 12.3 Å². The summed E-state index contributed by atoms with van der Waals surface area (Å²) >= 11 is 1.53. The molecule has 1 N–H and O–H groups in total. The van der Waals surface area contributed by atoms with E-state index in [2.05, 4.69) is 5.32 Å². The van der Waals surface area contributed by atoms with Gasteiger partial charge in [-0.1, -0.05) is 12.1 Å². The predicted molar refractivity (Wildman–Crippen MR) is 112 cm³/mol. The highest BCUT2D eigenvalue weighted by Gasteiger charge is 2.31. The van der Waals surface area contributed by atoms with Gasteiger partial charge in [-0.25, -0.2) is 8.42 Å². The van der Waals surface area contributed by atoms with Crippen molar-refractivity contribution in [2.75, 3.05) is 23.7 Å². The molecule has 0 radical (unpaired) electrons. The number of benzene rings is 2. The maximum Gasteiger partial charge on any atom is 0.264 e. The van der Waals surface area contributed by atoms with Crippen LogP contribution in [0.5, 0.6) is 5.75 Å². The first-order valence-electron chi connectivity index (χ1n) is 9.13. The van der Waals surface area contributed by atoms with Crippen LogP contribution in [0.2, 0.25) is 0 Å². The molecule has 1 fully saturated rings. The Bertz CT molecular complexity index is 925. The number of hydrogen-bond donors (Lipinski definition) is 1. The van der Waals surface area contributed by atoms with Crippen LogP contribution in [0.1, 0.15) is 19.8 Å². The van der Waals surface area contributed by atoms with Gasteiger partial charge in [0.15, 0.2) is 0 Å². The summed E-state index contributed by atoms with van der Waals surface area (Å²) in [5, 5.41) is 2.86. The van der Waals surface area contributed by atoms with Gasteiger partial charge in [-0.05, 0) is 62.4 Å². The Morgan fingerprint density at radius 3 is 2.46 bits per heavy atom. The highest BCUT2D eigenvalue weighted by atomic mass is 32.2. The molecule has 150 valence electrons. The topological polar surface area (TPSA) is 75.7 Å². The summed E-state index contributed by atoms with van der Waals surface area (Å²) in [7, 11) is -3.95. The van der Waals surface area contributed by atoms with E-state index in [1.54, 1.807) is 48.5 Å². The van der Waals surface area contributed by atoms with E-state index in [0.29, 0.717) is 18.0 Å². The minimum atomic E-state index is -3.95. The molecule has 0 heterocycles. The summed E-state index contributed by atoms with van der Waals surface area (Å²) in [5.74, 6) is 0.103. The number of carbonyl (C=O) groups is 1. The Morgan fingerprint density at radius 2 is 1.86 bits per heavy atom. The monoisotopic (exact) mass is 420 g/mol. The van der Waals surface area contributed by atoms with Crippen LogP contribution < -0.4 is 14.4 Å². The van der Waals surface area contributed by atoms with E-state index >= 15 is 0 Å². The van der Waals surface area contributed by atoms with Crippen molar-refractivity contribution >= 4 is 33.4 Å². The SMILES string of the molecule is CCOc1ccccc1N(CC(=O)NC1CC1)S(=O)(=O)c1ccc(SC)cc1. The fourth-order valence-electron chi connectivity index (χ4n) is 2.75. The van der Waals surface area contributed by atoms with E-state index in [4.69, 9.17) is 4.74 Å². The number of carbonyl (C=O) groups excluding carboxylic acids is 1. The zero-order chi connectivity index (χ0) is 20.1. The lowest BCUT2D eigenvalue weighted by molar-refractivity contribution is -0.119. The molecule has 3 rings (SSSR count). The van der Waals surface area contributed by atoms with Gasteiger partial charge >= 0.3 is 0 Å². The van der Waals surface area contributed by atoms with E-state index in [0.717, 1.165) is 22.0 Å². The molecule has 0 unspecified atom stereocenters. The minimum absolute atomic E-state index is 0.135. The Labute approximate surface area is 170 Å². The number of para-hydroxylation sites is 2. The number of nitrogens with one attached hydrogen (secondary N) is 1. The van der Waals surface area contributed by atoms with Crippen LogP contribution in [0.3, 0.4) is 0 Å². The highest BCUT2D eigenvalue weighted by Crippen LogP contribution is 2.33. The number of nitrogens with zero attached hydrogens (tertiary/aromatic N) is 1. The molecule has 0 saturated heterocycles. The van der Waals surface area contributed by atoms with Gasteiger partial charge in [0.05, 0.1) is 17.2 Å². The zero-order valence-corrected chi connectivity index (χ0v) is 17.6. The van der Waals surface area contributed by atoms with Crippen molar-refractivity contribution in [1.82, 2.24) is 5.32 Å². The van der Waals surface area contributed by atoms with Crippen molar-refractivity contribution in [2.45, 2.75) is 35.6 Å². The fraction of sp³-hybridized carbons (Fsp3) is 0.350. The van der Waals surface area contributed by atoms with Gasteiger partial charge in [-0.2, -0.15) is 0 Å². The van der Waals surface area contributed by atoms with Crippen molar-refractivity contribution in [3.63, 3.8) is 0 Å². The second-order valence-electron chi connectivity index (χ2n) is 6.43. The molecule has 1 aliphatic rings. The molecule has 0 bridgehead atoms. The molecule has 0 atom stereocenters. The molecule has 2 aromatic rings. The van der Waals surface area contributed by atoms with Gasteiger partial charge in [-0.15, -0.1) is 11.8 Å². The summed E-state index contributed by atoms with van der Waals surface area (Å²) in [6, 6.07) is 13.7. The normalized spacial score (nSPS) is 13.8. The first-order chi connectivity index (χ1) is 13.5. The second-order valence-corrected chi connectivity index (χ2v) is 9.17. The predicted octanol–water partition coefficient (Wildman–Crippen LogP) is 3.28. The molecule has 0 aliphatic heterocycles. The quantitative estimate of drug-likeness (QED) is 0.630. The summed E-state index contributed by atoms with van der Waals surface area (Å²) in [6.07, 6.45) is 3.80. The summed E-state index contributed by atoms with van der Waals surface area (Å²) in [5.41, 5.74) is 0.351. The lowest BCUT2D eigenvalue weighted by Crippen LogP contribution is -2.41. The zero-order valence-electron chi connectivity index (χ0n) is 15.9. The molecule has 0 aromatic heterocycles. The lowest BCUT2D eigenvalue weighted by Gasteiger charge is -2.26. The summed E-state index contributed by atoms with van der Waals surface area (Å²) in [6.45, 7) is 1.92. The molecule has 8 heteroatoms. The van der Waals surface area contributed by atoms with E-state index in [1.807, 2.05) is 13.2 Å². The first-order valence-corrected chi connectivity index (χ1v) is 11.8. The van der Waals surface area contributed by atoms with Crippen LogP contribution in [0, 0.1) is 0 Å². The Morgan fingerprint density at radius 1 is 1.18 bits per heavy atom. The third-order valence-electron chi connectivity index (χ3n) is 4.31.